The number of carbonyl (C=O) groups is 1. The van der Waals surface area contributed by atoms with E-state index in [1.165, 1.54) is 0 Å². The summed E-state index contributed by atoms with van der Waals surface area (Å²) in [6, 6.07) is 6.93. The molecule has 3 rings (SSSR count). The van der Waals surface area contributed by atoms with Gasteiger partial charge in [-0.2, -0.15) is 0 Å². The Balaban J connectivity index is 1.93. The Morgan fingerprint density at radius 1 is 1.35 bits per heavy atom. The summed E-state index contributed by atoms with van der Waals surface area (Å²) in [5.74, 6) is 0.658. The average Bonchev–Trinajstić information content (AvgIpc) is 2.84. The molecule has 0 fully saturated rings. The van der Waals surface area contributed by atoms with Crippen LogP contribution in [0.3, 0.4) is 0 Å². The maximum atomic E-state index is 11.4. The predicted molar refractivity (Wildman–Crippen MR) is 73.9 cm³/mol. The Bertz CT molecular complexity index is 636. The van der Waals surface area contributed by atoms with Gasteiger partial charge in [0, 0.05) is 17.9 Å². The van der Waals surface area contributed by atoms with E-state index in [0.29, 0.717) is 23.7 Å². The van der Waals surface area contributed by atoms with E-state index in [9.17, 15) is 9.90 Å². The van der Waals surface area contributed by atoms with E-state index in [0.717, 1.165) is 24.2 Å². The minimum absolute atomic E-state index is 0.545. The Morgan fingerprint density at radius 3 is 2.80 bits per heavy atom. The number of aryl methyl sites for hydroxylation is 1. The van der Waals surface area contributed by atoms with Crippen molar-refractivity contribution in [1.82, 2.24) is 14.8 Å². The molecule has 0 bridgehead atoms. The summed E-state index contributed by atoms with van der Waals surface area (Å²) in [5.41, 5.74) is 1.04. The molecule has 104 valence electrons. The zero-order chi connectivity index (χ0) is 14.1. The maximum absolute atomic E-state index is 11.4. The maximum Gasteiger partial charge on any atom is 0.326 e. The summed E-state index contributed by atoms with van der Waals surface area (Å²) in [4.78, 5) is 11.4. The van der Waals surface area contributed by atoms with Crippen molar-refractivity contribution in [2.24, 2.45) is 0 Å². The first kappa shape index (κ1) is 13.1. The Morgan fingerprint density at radius 2 is 2.10 bits per heavy atom. The molecule has 1 aromatic heterocycles. The normalized spacial score (nSPS) is 17.8. The van der Waals surface area contributed by atoms with Crippen molar-refractivity contribution < 1.29 is 9.90 Å². The SMILES string of the molecule is O=C(O)C1CCCc2nnc(Cc3ccc(Cl)cc3)n21. The first-order valence-electron chi connectivity index (χ1n) is 6.55. The van der Waals surface area contributed by atoms with Crippen molar-refractivity contribution in [3.05, 3.63) is 46.5 Å². The fraction of sp³-hybridized carbons (Fsp3) is 0.357. The lowest BCUT2D eigenvalue weighted by Crippen LogP contribution is -2.26. The van der Waals surface area contributed by atoms with Crippen molar-refractivity contribution in [3.8, 4) is 0 Å². The molecule has 0 radical (unpaired) electrons. The minimum Gasteiger partial charge on any atom is -0.480 e. The van der Waals surface area contributed by atoms with Crippen LogP contribution in [-0.4, -0.2) is 25.8 Å². The number of fused-ring (bicyclic) bond motifs is 1. The summed E-state index contributed by atoms with van der Waals surface area (Å²) >= 11 is 5.86. The van der Waals surface area contributed by atoms with Crippen LogP contribution < -0.4 is 0 Å². The number of hydrogen-bond donors (Lipinski definition) is 1. The van der Waals surface area contributed by atoms with E-state index in [4.69, 9.17) is 11.6 Å². The summed E-state index contributed by atoms with van der Waals surface area (Å²) < 4.78 is 1.78. The van der Waals surface area contributed by atoms with Crippen molar-refractivity contribution in [1.29, 1.82) is 0 Å². The first-order valence-corrected chi connectivity index (χ1v) is 6.93. The minimum atomic E-state index is -0.817. The highest BCUT2D eigenvalue weighted by Gasteiger charge is 2.29. The molecule has 20 heavy (non-hydrogen) atoms. The lowest BCUT2D eigenvalue weighted by atomic mass is 10.0. The van der Waals surface area contributed by atoms with E-state index in [1.54, 1.807) is 4.57 Å². The summed E-state index contributed by atoms with van der Waals surface area (Å²) in [6.45, 7) is 0. The van der Waals surface area contributed by atoms with Crippen molar-refractivity contribution in [3.63, 3.8) is 0 Å². The molecule has 1 N–H and O–H groups in total. The van der Waals surface area contributed by atoms with E-state index in [2.05, 4.69) is 10.2 Å². The lowest BCUT2D eigenvalue weighted by Gasteiger charge is -2.22. The number of rotatable bonds is 3. The Kier molecular flexibility index (Phi) is 3.44. The van der Waals surface area contributed by atoms with Gasteiger partial charge in [-0.15, -0.1) is 10.2 Å². The van der Waals surface area contributed by atoms with Crippen LogP contribution in [0.25, 0.3) is 0 Å². The van der Waals surface area contributed by atoms with Crippen molar-refractivity contribution >= 4 is 17.6 Å². The molecule has 0 spiro atoms. The molecule has 1 aromatic carbocycles. The fourth-order valence-corrected chi connectivity index (χ4v) is 2.74. The third-order valence-corrected chi connectivity index (χ3v) is 3.84. The van der Waals surface area contributed by atoms with Gasteiger partial charge >= 0.3 is 5.97 Å². The Labute approximate surface area is 121 Å². The zero-order valence-corrected chi connectivity index (χ0v) is 11.5. The van der Waals surface area contributed by atoms with Gasteiger partial charge in [-0.25, -0.2) is 4.79 Å². The number of aromatic nitrogens is 3. The number of benzene rings is 1. The van der Waals surface area contributed by atoms with Crippen LogP contribution in [0.2, 0.25) is 5.02 Å². The second kappa shape index (κ2) is 5.25. The van der Waals surface area contributed by atoms with Gasteiger partial charge in [0.25, 0.3) is 0 Å². The van der Waals surface area contributed by atoms with Gasteiger partial charge in [0.05, 0.1) is 0 Å². The van der Waals surface area contributed by atoms with Crippen LogP contribution >= 0.6 is 11.6 Å². The number of halogens is 1. The van der Waals surface area contributed by atoms with E-state index in [1.807, 2.05) is 24.3 Å². The number of carboxylic acid groups (broad SMARTS) is 1. The molecule has 1 aliphatic heterocycles. The standard InChI is InChI=1S/C14H14ClN3O2/c15-10-6-4-9(5-7-10)8-13-17-16-12-3-1-2-11(14(19)20)18(12)13/h4-7,11H,1-3,8H2,(H,19,20). The largest absolute Gasteiger partial charge is 0.480 e. The molecule has 1 atom stereocenters. The van der Waals surface area contributed by atoms with Crippen LogP contribution in [-0.2, 0) is 17.6 Å². The predicted octanol–water partition coefficient (Wildman–Crippen LogP) is 2.48. The van der Waals surface area contributed by atoms with Crippen LogP contribution in [0.5, 0.6) is 0 Å². The van der Waals surface area contributed by atoms with Crippen molar-refractivity contribution in [2.45, 2.75) is 31.7 Å². The van der Waals surface area contributed by atoms with Crippen molar-refractivity contribution in [2.75, 3.05) is 0 Å². The highest BCUT2D eigenvalue weighted by atomic mass is 35.5. The lowest BCUT2D eigenvalue weighted by molar-refractivity contribution is -0.141. The quantitative estimate of drug-likeness (QED) is 0.943. The van der Waals surface area contributed by atoms with Gasteiger partial charge in [0.1, 0.15) is 17.7 Å². The molecule has 0 saturated carbocycles. The second-order valence-corrected chi connectivity index (χ2v) is 5.39. The van der Waals surface area contributed by atoms with Crippen LogP contribution in [0.15, 0.2) is 24.3 Å². The van der Waals surface area contributed by atoms with Gasteiger partial charge in [-0.3, -0.25) is 0 Å². The number of hydrogen-bond acceptors (Lipinski definition) is 3. The van der Waals surface area contributed by atoms with Gasteiger partial charge in [0.2, 0.25) is 0 Å². The highest BCUT2D eigenvalue weighted by Crippen LogP contribution is 2.26. The first-order chi connectivity index (χ1) is 9.65. The molecule has 0 aliphatic carbocycles. The second-order valence-electron chi connectivity index (χ2n) is 4.95. The monoisotopic (exact) mass is 291 g/mol. The smallest absolute Gasteiger partial charge is 0.326 e. The number of nitrogens with zero attached hydrogens (tertiary/aromatic N) is 3. The highest BCUT2D eigenvalue weighted by molar-refractivity contribution is 6.30. The van der Waals surface area contributed by atoms with Crippen LogP contribution in [0, 0.1) is 0 Å². The summed E-state index contributed by atoms with van der Waals surface area (Å²) in [6.07, 6.45) is 2.83. The van der Waals surface area contributed by atoms with Crippen LogP contribution in [0.1, 0.15) is 36.1 Å². The molecular weight excluding hydrogens is 278 g/mol. The third kappa shape index (κ3) is 2.41. The zero-order valence-electron chi connectivity index (χ0n) is 10.8. The molecule has 0 amide bonds. The van der Waals surface area contributed by atoms with Gasteiger partial charge < -0.3 is 9.67 Å². The molecule has 2 aromatic rings. The Hall–Kier alpha value is -1.88. The number of aliphatic carboxylic acids is 1. The number of carboxylic acids is 1. The molecule has 5 nitrogen and oxygen atoms in total. The van der Waals surface area contributed by atoms with E-state index < -0.39 is 12.0 Å². The van der Waals surface area contributed by atoms with E-state index in [-0.39, 0.29) is 0 Å². The summed E-state index contributed by atoms with van der Waals surface area (Å²) in [7, 11) is 0. The average molecular weight is 292 g/mol. The molecule has 0 saturated heterocycles. The van der Waals surface area contributed by atoms with Crippen LogP contribution in [0.4, 0.5) is 0 Å². The molecule has 1 aliphatic rings. The molecule has 6 heteroatoms. The molecular formula is C14H14ClN3O2. The van der Waals surface area contributed by atoms with Gasteiger partial charge in [-0.1, -0.05) is 23.7 Å². The molecule has 1 unspecified atom stereocenters. The topological polar surface area (TPSA) is 68.0 Å². The van der Waals surface area contributed by atoms with Gasteiger partial charge in [-0.05, 0) is 30.5 Å². The summed E-state index contributed by atoms with van der Waals surface area (Å²) in [5, 5.41) is 18.3. The third-order valence-electron chi connectivity index (χ3n) is 3.59. The van der Waals surface area contributed by atoms with Gasteiger partial charge in [0.15, 0.2) is 0 Å². The molecule has 2 heterocycles. The van der Waals surface area contributed by atoms with E-state index >= 15 is 0 Å². The fourth-order valence-electron chi connectivity index (χ4n) is 2.61.